The highest BCUT2D eigenvalue weighted by Crippen LogP contribution is 2.15. The summed E-state index contributed by atoms with van der Waals surface area (Å²) in [5.41, 5.74) is 2.98. The largest absolute Gasteiger partial charge is 0.357 e. The van der Waals surface area contributed by atoms with Crippen LogP contribution in [0.5, 0.6) is 0 Å². The highest BCUT2D eigenvalue weighted by Gasteiger charge is 2.05. The van der Waals surface area contributed by atoms with E-state index in [2.05, 4.69) is 35.8 Å². The van der Waals surface area contributed by atoms with E-state index in [1.54, 1.807) is 0 Å². The first-order chi connectivity index (χ1) is 5.86. The van der Waals surface area contributed by atoms with E-state index in [1.165, 1.54) is 11.1 Å². The van der Waals surface area contributed by atoms with Crippen LogP contribution in [-0.4, -0.2) is 4.57 Å². The van der Waals surface area contributed by atoms with Gasteiger partial charge in [-0.05, 0) is 24.0 Å². The molecule has 0 saturated heterocycles. The van der Waals surface area contributed by atoms with Crippen LogP contribution < -0.4 is 0 Å². The quantitative estimate of drug-likeness (QED) is 0.509. The van der Waals surface area contributed by atoms with Gasteiger partial charge in [0.25, 0.3) is 0 Å². The molecule has 0 amide bonds. The van der Waals surface area contributed by atoms with Crippen LogP contribution in [0.4, 0.5) is 0 Å². The average Bonchev–Trinajstić information content (AvgIpc) is 2.32. The van der Waals surface area contributed by atoms with Gasteiger partial charge >= 0.3 is 0 Å². The summed E-state index contributed by atoms with van der Waals surface area (Å²) in [4.78, 5) is 0. The Kier molecular flexibility index (Phi) is 1.91. The molecule has 1 aromatic rings. The molecular weight excluding hydrogens is 146 g/mol. The molecule has 0 spiro atoms. The Bertz CT molecular complexity index is 306. The third-order valence-corrected chi connectivity index (χ3v) is 2.30. The Balaban J connectivity index is 2.30. The molecule has 2 rings (SSSR count). The molecule has 0 bridgehead atoms. The second kappa shape index (κ2) is 3.06. The number of nitrogens with zero attached hydrogens (tertiary/aromatic N) is 1. The average molecular weight is 159 g/mol. The van der Waals surface area contributed by atoms with Gasteiger partial charge in [-0.1, -0.05) is 0 Å². The van der Waals surface area contributed by atoms with Gasteiger partial charge in [0, 0.05) is 32.3 Å². The van der Waals surface area contributed by atoms with Gasteiger partial charge < -0.3 is 4.57 Å². The first kappa shape index (κ1) is 7.49. The number of hydrogen-bond acceptors (Lipinski definition) is 0. The van der Waals surface area contributed by atoms with Gasteiger partial charge in [-0.2, -0.15) is 0 Å². The van der Waals surface area contributed by atoms with Gasteiger partial charge in [-0.25, -0.2) is 0 Å². The van der Waals surface area contributed by atoms with E-state index in [1.807, 2.05) is 0 Å². The van der Waals surface area contributed by atoms with E-state index < -0.39 is 0 Å². The Morgan fingerprint density at radius 3 is 2.08 bits per heavy atom. The fraction of sp³-hybridized carbons (Fsp3) is 0.455. The molecule has 62 valence electrons. The Labute approximate surface area is 73.4 Å². The maximum Gasteiger partial charge on any atom is 0.0130 e. The van der Waals surface area contributed by atoms with Crippen LogP contribution in [0, 0.1) is 11.8 Å². The highest BCUT2D eigenvalue weighted by atomic mass is 14.9. The highest BCUT2D eigenvalue weighted by molar-refractivity contribution is 5.27. The van der Waals surface area contributed by atoms with Crippen LogP contribution >= 0.6 is 0 Å². The lowest BCUT2D eigenvalue weighted by molar-refractivity contribution is 0.912. The van der Waals surface area contributed by atoms with Crippen molar-refractivity contribution in [2.45, 2.75) is 25.7 Å². The molecule has 0 atom stereocenters. The second-order valence-corrected chi connectivity index (χ2v) is 3.33. The van der Waals surface area contributed by atoms with Gasteiger partial charge in [0.15, 0.2) is 0 Å². The molecule has 0 N–H and O–H groups in total. The van der Waals surface area contributed by atoms with Gasteiger partial charge in [-0.3, -0.25) is 0 Å². The normalized spacial score (nSPS) is 15.4. The van der Waals surface area contributed by atoms with Crippen LogP contribution in [0.3, 0.4) is 0 Å². The fourth-order valence-corrected chi connectivity index (χ4v) is 1.72. The lowest BCUT2D eigenvalue weighted by Crippen LogP contribution is -1.91. The molecule has 1 aliphatic rings. The monoisotopic (exact) mass is 159 g/mol. The SMILES string of the molecule is Cn1cc2c(c1)CCC#CCC2. The van der Waals surface area contributed by atoms with Crippen molar-refractivity contribution in [1.29, 1.82) is 0 Å². The first-order valence-electron chi connectivity index (χ1n) is 4.46. The smallest absolute Gasteiger partial charge is 0.0130 e. The first-order valence-corrected chi connectivity index (χ1v) is 4.46. The van der Waals surface area contributed by atoms with Crippen molar-refractivity contribution in [3.05, 3.63) is 23.5 Å². The molecule has 1 heterocycles. The third kappa shape index (κ3) is 1.38. The minimum atomic E-state index is 1.02. The molecule has 1 aliphatic carbocycles. The molecule has 1 aromatic heterocycles. The van der Waals surface area contributed by atoms with Crippen LogP contribution in [0.25, 0.3) is 0 Å². The summed E-state index contributed by atoms with van der Waals surface area (Å²) >= 11 is 0. The minimum absolute atomic E-state index is 1.02. The van der Waals surface area contributed by atoms with Crippen molar-refractivity contribution < 1.29 is 0 Å². The van der Waals surface area contributed by atoms with Gasteiger partial charge in [0.1, 0.15) is 0 Å². The maximum absolute atomic E-state index is 3.18. The van der Waals surface area contributed by atoms with Crippen molar-refractivity contribution in [1.82, 2.24) is 4.57 Å². The summed E-state index contributed by atoms with van der Waals surface area (Å²) in [5.74, 6) is 6.36. The van der Waals surface area contributed by atoms with E-state index in [4.69, 9.17) is 0 Å². The van der Waals surface area contributed by atoms with E-state index in [0.29, 0.717) is 0 Å². The predicted octanol–water partition coefficient (Wildman–Crippen LogP) is 1.91. The standard InChI is InChI=1S/C11H13N/c1-12-8-10-6-4-2-3-5-7-11(10)9-12/h8-9H,4-7H2,1H3. The summed E-state index contributed by atoms with van der Waals surface area (Å²) in [5, 5.41) is 0. The predicted molar refractivity (Wildman–Crippen MR) is 49.8 cm³/mol. The zero-order valence-corrected chi connectivity index (χ0v) is 7.43. The van der Waals surface area contributed by atoms with Crippen molar-refractivity contribution >= 4 is 0 Å². The van der Waals surface area contributed by atoms with E-state index >= 15 is 0 Å². The van der Waals surface area contributed by atoms with Gasteiger partial charge in [0.05, 0.1) is 0 Å². The van der Waals surface area contributed by atoms with Crippen molar-refractivity contribution in [2.75, 3.05) is 0 Å². The Hall–Kier alpha value is -1.16. The third-order valence-electron chi connectivity index (χ3n) is 2.30. The molecule has 0 radical (unpaired) electrons. The van der Waals surface area contributed by atoms with Gasteiger partial charge in [-0.15, -0.1) is 11.8 Å². The number of aryl methyl sites for hydroxylation is 3. The van der Waals surface area contributed by atoms with Crippen molar-refractivity contribution in [2.24, 2.45) is 7.05 Å². The number of hydrogen-bond donors (Lipinski definition) is 0. The summed E-state index contributed by atoms with van der Waals surface area (Å²) in [7, 11) is 2.09. The molecule has 0 saturated carbocycles. The summed E-state index contributed by atoms with van der Waals surface area (Å²) in [6.45, 7) is 0. The molecule has 0 aliphatic heterocycles. The lowest BCUT2D eigenvalue weighted by atomic mass is 10.0. The molecule has 1 heteroatoms. The molecule has 0 aromatic carbocycles. The zero-order chi connectivity index (χ0) is 8.39. The topological polar surface area (TPSA) is 4.93 Å². The molecule has 0 unspecified atom stereocenters. The Morgan fingerprint density at radius 1 is 1.08 bits per heavy atom. The van der Waals surface area contributed by atoms with E-state index in [0.717, 1.165) is 25.7 Å². The molecule has 1 nitrogen and oxygen atoms in total. The van der Waals surface area contributed by atoms with Crippen LogP contribution in [0.2, 0.25) is 0 Å². The zero-order valence-electron chi connectivity index (χ0n) is 7.43. The molecule has 12 heavy (non-hydrogen) atoms. The van der Waals surface area contributed by atoms with Crippen molar-refractivity contribution in [3.63, 3.8) is 0 Å². The van der Waals surface area contributed by atoms with Crippen LogP contribution in [0.1, 0.15) is 24.0 Å². The summed E-state index contributed by atoms with van der Waals surface area (Å²) in [6, 6.07) is 0. The number of rotatable bonds is 0. The van der Waals surface area contributed by atoms with Crippen LogP contribution in [-0.2, 0) is 19.9 Å². The molecule has 0 fully saturated rings. The number of fused-ring (bicyclic) bond motifs is 1. The maximum atomic E-state index is 3.18. The second-order valence-electron chi connectivity index (χ2n) is 3.33. The number of aromatic nitrogens is 1. The van der Waals surface area contributed by atoms with E-state index in [9.17, 15) is 0 Å². The fourth-order valence-electron chi connectivity index (χ4n) is 1.72. The van der Waals surface area contributed by atoms with Gasteiger partial charge in [0.2, 0.25) is 0 Å². The lowest BCUT2D eigenvalue weighted by Gasteiger charge is -2.01. The summed E-state index contributed by atoms with van der Waals surface area (Å²) < 4.78 is 2.15. The molecular formula is C11H13N. The van der Waals surface area contributed by atoms with Crippen molar-refractivity contribution in [3.8, 4) is 11.8 Å². The summed E-state index contributed by atoms with van der Waals surface area (Å²) in [6.07, 6.45) is 8.76. The minimum Gasteiger partial charge on any atom is -0.357 e. The Morgan fingerprint density at radius 2 is 1.58 bits per heavy atom. The van der Waals surface area contributed by atoms with Crippen LogP contribution in [0.15, 0.2) is 12.4 Å². The van der Waals surface area contributed by atoms with E-state index in [-0.39, 0.29) is 0 Å².